The van der Waals surface area contributed by atoms with Gasteiger partial charge in [-0.15, -0.1) is 0 Å². The highest BCUT2D eigenvalue weighted by atomic mass is 16.6. The van der Waals surface area contributed by atoms with Crippen molar-refractivity contribution < 1.29 is 28.6 Å². The van der Waals surface area contributed by atoms with Crippen LogP contribution in [-0.4, -0.2) is 37.2 Å². The molecule has 0 radical (unpaired) electrons. The lowest BCUT2D eigenvalue weighted by molar-refractivity contribution is -0.166. The number of allylic oxidation sites excluding steroid dienone is 28. The maximum absolute atomic E-state index is 12.8. The number of unbranched alkanes of at least 4 members (excludes halogenated alkanes) is 10. The van der Waals surface area contributed by atoms with Crippen molar-refractivity contribution in [3.8, 4) is 0 Å². The minimum atomic E-state index is -0.880. The van der Waals surface area contributed by atoms with Crippen LogP contribution in [0.15, 0.2) is 170 Å². The first-order chi connectivity index (χ1) is 36.0. The van der Waals surface area contributed by atoms with E-state index >= 15 is 0 Å². The minimum absolute atomic E-state index is 0.168. The Balaban J connectivity index is 4.73. The molecule has 0 spiro atoms. The Morgan fingerprint density at radius 2 is 0.507 bits per heavy atom. The van der Waals surface area contributed by atoms with E-state index in [0.29, 0.717) is 19.3 Å². The highest BCUT2D eigenvalue weighted by Crippen LogP contribution is 2.08. The monoisotopic (exact) mass is 1000 g/mol. The van der Waals surface area contributed by atoms with Crippen LogP contribution in [0.1, 0.15) is 213 Å². The van der Waals surface area contributed by atoms with E-state index in [1.165, 1.54) is 77.0 Å². The first kappa shape index (κ1) is 67.8. The maximum atomic E-state index is 12.8. The smallest absolute Gasteiger partial charge is 0.306 e. The molecule has 1 atom stereocenters. The molecule has 0 heterocycles. The molecule has 0 fully saturated rings. The van der Waals surface area contributed by atoms with Crippen molar-refractivity contribution in [3.05, 3.63) is 170 Å². The maximum Gasteiger partial charge on any atom is 0.306 e. The Morgan fingerprint density at radius 3 is 0.795 bits per heavy atom. The molecule has 6 nitrogen and oxygen atoms in total. The summed E-state index contributed by atoms with van der Waals surface area (Å²) in [6.45, 7) is 6.36. The molecule has 0 N–H and O–H groups in total. The van der Waals surface area contributed by atoms with Gasteiger partial charge in [-0.1, -0.05) is 229 Å². The number of carbonyl (C=O) groups is 3. The van der Waals surface area contributed by atoms with Crippen molar-refractivity contribution in [1.29, 1.82) is 0 Å². The summed E-state index contributed by atoms with van der Waals surface area (Å²) in [5.74, 6) is -1.20. The van der Waals surface area contributed by atoms with Gasteiger partial charge in [0.25, 0.3) is 0 Å². The summed E-state index contributed by atoms with van der Waals surface area (Å²) in [7, 11) is 0. The minimum Gasteiger partial charge on any atom is -0.462 e. The predicted molar refractivity (Wildman–Crippen MR) is 315 cm³/mol. The van der Waals surface area contributed by atoms with Crippen LogP contribution in [0.3, 0.4) is 0 Å². The van der Waals surface area contributed by atoms with Gasteiger partial charge >= 0.3 is 17.9 Å². The van der Waals surface area contributed by atoms with Crippen LogP contribution >= 0.6 is 0 Å². The number of hydrogen-bond donors (Lipinski definition) is 0. The van der Waals surface area contributed by atoms with Gasteiger partial charge in [0, 0.05) is 19.3 Å². The van der Waals surface area contributed by atoms with Crippen LogP contribution in [0.2, 0.25) is 0 Å². The Kier molecular flexibility index (Phi) is 55.1. The average molecular weight is 1000 g/mol. The fourth-order valence-electron chi connectivity index (χ4n) is 6.87. The van der Waals surface area contributed by atoms with Gasteiger partial charge in [0.2, 0.25) is 0 Å². The Bertz CT molecular complexity index is 1720. The number of esters is 3. The van der Waals surface area contributed by atoms with Gasteiger partial charge in [-0.25, -0.2) is 0 Å². The second kappa shape index (κ2) is 59.3. The zero-order chi connectivity index (χ0) is 52.9. The molecule has 0 bridgehead atoms. The second-order valence-corrected chi connectivity index (χ2v) is 18.1. The molecule has 0 aliphatic carbocycles. The van der Waals surface area contributed by atoms with Gasteiger partial charge in [0.05, 0.1) is 0 Å². The Morgan fingerprint density at radius 1 is 0.274 bits per heavy atom. The van der Waals surface area contributed by atoms with Crippen LogP contribution in [0.25, 0.3) is 0 Å². The molecule has 0 saturated heterocycles. The average Bonchev–Trinajstić information content (AvgIpc) is 3.39. The zero-order valence-corrected chi connectivity index (χ0v) is 46.3. The summed E-state index contributed by atoms with van der Waals surface area (Å²) in [6, 6.07) is 0. The van der Waals surface area contributed by atoms with Crippen molar-refractivity contribution in [2.45, 2.75) is 219 Å². The lowest BCUT2D eigenvalue weighted by Gasteiger charge is -2.18. The van der Waals surface area contributed by atoms with Gasteiger partial charge in [0.15, 0.2) is 6.10 Å². The van der Waals surface area contributed by atoms with E-state index in [2.05, 4.69) is 167 Å². The van der Waals surface area contributed by atoms with E-state index in [1.807, 2.05) is 24.3 Å². The summed E-state index contributed by atoms with van der Waals surface area (Å²) in [5.41, 5.74) is 0. The van der Waals surface area contributed by atoms with E-state index in [1.54, 1.807) is 0 Å². The topological polar surface area (TPSA) is 78.9 Å². The second-order valence-electron chi connectivity index (χ2n) is 18.1. The quantitative estimate of drug-likeness (QED) is 0.0261. The molecule has 0 unspecified atom stereocenters. The molecular formula is C67H102O6. The van der Waals surface area contributed by atoms with Crippen molar-refractivity contribution >= 4 is 17.9 Å². The van der Waals surface area contributed by atoms with Crippen molar-refractivity contribution in [3.63, 3.8) is 0 Å². The molecule has 6 heteroatoms. The number of carbonyl (C=O) groups excluding carboxylic acids is 3. The largest absolute Gasteiger partial charge is 0.462 e. The summed E-state index contributed by atoms with van der Waals surface area (Å²) in [6.07, 6.45) is 87.9. The standard InChI is InChI=1S/C67H102O6/c1-4-7-10-13-16-19-22-25-28-31-33-36-39-42-45-48-51-54-57-60-66(69)72-63-64(62-71-65(68)59-56-53-50-47-44-41-38-35-30-27-24-21-18-15-12-9-6-3)73-67(70)61-58-55-52-49-46-43-40-37-34-32-29-26-23-20-17-14-11-8-5-2/h16-21,25-30,33-34,36-38,41-43,45-47,50-52,54-55,64H,4-15,22-24,31-32,35,39-40,44,48-49,53,56-63H2,1-3H3/b19-16-,20-17-,21-18-,28-25-,29-26-,30-27-,36-33-,37-34-,41-38-,45-42-,46-43-,50-47-,54-51-,55-52-/t64-/m0/s1. The third-order valence-corrected chi connectivity index (χ3v) is 11.2. The van der Waals surface area contributed by atoms with Crippen LogP contribution in [0.5, 0.6) is 0 Å². The lowest BCUT2D eigenvalue weighted by atomic mass is 10.2. The first-order valence-corrected chi connectivity index (χ1v) is 28.6. The first-order valence-electron chi connectivity index (χ1n) is 28.6. The fraction of sp³-hybridized carbons (Fsp3) is 0.537. The van der Waals surface area contributed by atoms with Gasteiger partial charge in [-0.3, -0.25) is 14.4 Å². The van der Waals surface area contributed by atoms with Gasteiger partial charge in [0.1, 0.15) is 13.2 Å². The van der Waals surface area contributed by atoms with Crippen molar-refractivity contribution in [2.24, 2.45) is 0 Å². The Hall–Kier alpha value is -5.23. The highest BCUT2D eigenvalue weighted by molar-refractivity contribution is 5.71. The van der Waals surface area contributed by atoms with E-state index in [-0.39, 0.29) is 38.4 Å². The number of ether oxygens (including phenoxy) is 3. The Labute approximate surface area is 447 Å². The molecule has 0 aromatic carbocycles. The normalized spacial score (nSPS) is 13.4. The SMILES string of the molecule is CCCCC/C=C\C/C=C\C/C=C\C/C=C\C/C=C\CCC(=O)OC[C@H](COC(=O)CCC/C=C\C/C=C\C/C=C\C/C=C\CCCCC)OC(=O)CC/C=C\C/C=C\C/C=C\C/C=C\C/C=C\CCCCC. The highest BCUT2D eigenvalue weighted by Gasteiger charge is 2.19. The summed E-state index contributed by atoms with van der Waals surface area (Å²) >= 11 is 0. The third-order valence-electron chi connectivity index (χ3n) is 11.2. The van der Waals surface area contributed by atoms with Crippen molar-refractivity contribution in [2.75, 3.05) is 13.2 Å². The summed E-state index contributed by atoms with van der Waals surface area (Å²) < 4.78 is 16.7. The fourth-order valence-corrected chi connectivity index (χ4v) is 6.87. The predicted octanol–water partition coefficient (Wildman–Crippen LogP) is 19.5. The third kappa shape index (κ3) is 57.5. The molecule has 73 heavy (non-hydrogen) atoms. The van der Waals surface area contributed by atoms with Gasteiger partial charge in [-0.2, -0.15) is 0 Å². The van der Waals surface area contributed by atoms with E-state index in [9.17, 15) is 14.4 Å². The number of hydrogen-bond acceptors (Lipinski definition) is 6. The van der Waals surface area contributed by atoms with Crippen molar-refractivity contribution in [1.82, 2.24) is 0 Å². The molecule has 0 aliphatic heterocycles. The van der Waals surface area contributed by atoms with Crippen LogP contribution in [0.4, 0.5) is 0 Å². The van der Waals surface area contributed by atoms with Crippen LogP contribution in [-0.2, 0) is 28.6 Å². The lowest BCUT2D eigenvalue weighted by Crippen LogP contribution is -2.30. The summed E-state index contributed by atoms with van der Waals surface area (Å²) in [5, 5.41) is 0. The van der Waals surface area contributed by atoms with E-state index in [0.717, 1.165) is 77.0 Å². The molecule has 0 saturated carbocycles. The van der Waals surface area contributed by atoms with Crippen LogP contribution < -0.4 is 0 Å². The molecule has 0 aliphatic rings. The molecule has 0 aromatic rings. The number of rotatable bonds is 49. The molecule has 0 aromatic heterocycles. The molecule has 0 rings (SSSR count). The van der Waals surface area contributed by atoms with E-state index < -0.39 is 18.0 Å². The molecule has 0 amide bonds. The van der Waals surface area contributed by atoms with E-state index in [4.69, 9.17) is 14.2 Å². The zero-order valence-electron chi connectivity index (χ0n) is 46.3. The summed E-state index contributed by atoms with van der Waals surface area (Å²) in [4.78, 5) is 38.1. The van der Waals surface area contributed by atoms with Gasteiger partial charge in [-0.05, 0) is 135 Å². The van der Waals surface area contributed by atoms with Gasteiger partial charge < -0.3 is 14.2 Å². The van der Waals surface area contributed by atoms with Crippen LogP contribution in [0, 0.1) is 0 Å². The molecule has 406 valence electrons. The molecular weight excluding hydrogens is 901 g/mol.